The van der Waals surface area contributed by atoms with Gasteiger partial charge in [0.15, 0.2) is 6.10 Å². The van der Waals surface area contributed by atoms with E-state index in [0.29, 0.717) is 5.69 Å². The molecule has 0 aliphatic rings. The van der Waals surface area contributed by atoms with Gasteiger partial charge in [-0.25, -0.2) is 13.2 Å². The highest BCUT2D eigenvalue weighted by Crippen LogP contribution is 2.31. The average Bonchev–Trinajstić information content (AvgIpc) is 3.16. The second-order valence-corrected chi connectivity index (χ2v) is 9.78. The summed E-state index contributed by atoms with van der Waals surface area (Å²) in [6.45, 7) is 4.24. The van der Waals surface area contributed by atoms with Gasteiger partial charge >= 0.3 is 11.7 Å². The molecule has 1 unspecified atom stereocenters. The summed E-state index contributed by atoms with van der Waals surface area (Å²) in [5.74, 6) is -5.02. The van der Waals surface area contributed by atoms with Crippen molar-refractivity contribution in [3.8, 4) is 0 Å². The van der Waals surface area contributed by atoms with Crippen LogP contribution in [0.15, 0.2) is 71.6 Å². The Hall–Kier alpha value is -3.79. The molecular weight excluding hydrogens is 478 g/mol. The molecule has 0 fully saturated rings. The zero-order valence-corrected chi connectivity index (χ0v) is 19.7. The first-order chi connectivity index (χ1) is 16.6. The number of para-hydroxylation sites is 1. The van der Waals surface area contributed by atoms with Gasteiger partial charge in [0.1, 0.15) is 0 Å². The first kappa shape index (κ1) is 24.3. The molecular formula is C25H22F2N2O5S. The van der Waals surface area contributed by atoms with Crippen LogP contribution in [0.3, 0.4) is 0 Å². The first-order valence-corrected chi connectivity index (χ1v) is 12.3. The molecule has 1 N–H and O–H groups in total. The summed E-state index contributed by atoms with van der Waals surface area (Å²) < 4.78 is 55.7. The maximum atomic E-state index is 12.7. The van der Waals surface area contributed by atoms with Crippen LogP contribution in [0.1, 0.15) is 24.2 Å². The molecule has 0 spiro atoms. The van der Waals surface area contributed by atoms with Gasteiger partial charge in [-0.1, -0.05) is 18.2 Å². The second-order valence-electron chi connectivity index (χ2n) is 7.86. The summed E-state index contributed by atoms with van der Waals surface area (Å²) in [5, 5.41) is 4.76. The predicted molar refractivity (Wildman–Crippen MR) is 128 cm³/mol. The summed E-state index contributed by atoms with van der Waals surface area (Å²) in [7, 11) is -4.77. The van der Waals surface area contributed by atoms with E-state index in [9.17, 15) is 26.8 Å². The second kappa shape index (κ2) is 9.46. The third kappa shape index (κ3) is 4.61. The maximum Gasteiger partial charge on any atom is 0.341 e. The number of alkyl halides is 2. The Morgan fingerprint density at radius 1 is 0.971 bits per heavy atom. The number of anilines is 1. The van der Waals surface area contributed by atoms with Crippen molar-refractivity contribution >= 4 is 49.2 Å². The number of amides is 1. The SMILES string of the molecule is CCn1c2ccccc2c2cc(NC(=O)C(C)OC(=O)c3ccc(S(=O)(=O)C(F)F)cc3)ccc21. The molecule has 4 aromatic rings. The molecule has 35 heavy (non-hydrogen) atoms. The van der Waals surface area contributed by atoms with E-state index in [2.05, 4.69) is 16.8 Å². The number of aromatic nitrogens is 1. The minimum absolute atomic E-state index is 0.0772. The molecule has 1 amide bonds. The molecule has 4 rings (SSSR count). The van der Waals surface area contributed by atoms with E-state index in [-0.39, 0.29) is 5.56 Å². The minimum Gasteiger partial charge on any atom is -0.449 e. The Labute approximate surface area is 200 Å². The lowest BCUT2D eigenvalue weighted by molar-refractivity contribution is -0.123. The third-order valence-corrected chi connectivity index (χ3v) is 7.06. The van der Waals surface area contributed by atoms with Crippen molar-refractivity contribution in [2.45, 2.75) is 37.1 Å². The number of fused-ring (bicyclic) bond motifs is 3. The molecule has 0 radical (unpaired) electrons. The smallest absolute Gasteiger partial charge is 0.341 e. The Kier molecular flexibility index (Phi) is 6.58. The van der Waals surface area contributed by atoms with Crippen LogP contribution in [-0.4, -0.2) is 36.7 Å². The van der Waals surface area contributed by atoms with Crippen LogP contribution in [0.2, 0.25) is 0 Å². The van der Waals surface area contributed by atoms with Crippen LogP contribution in [0, 0.1) is 0 Å². The lowest BCUT2D eigenvalue weighted by Crippen LogP contribution is -2.30. The fraction of sp³-hybridized carbons (Fsp3) is 0.200. The number of sulfone groups is 1. The molecule has 1 atom stereocenters. The summed E-state index contributed by atoms with van der Waals surface area (Å²) in [5.41, 5.74) is 2.57. The number of ether oxygens (including phenoxy) is 1. The average molecular weight is 501 g/mol. The number of benzene rings is 3. The van der Waals surface area contributed by atoms with Gasteiger partial charge in [-0.05, 0) is 62.4 Å². The van der Waals surface area contributed by atoms with Crippen molar-refractivity contribution in [3.05, 3.63) is 72.3 Å². The molecule has 182 valence electrons. The Morgan fingerprint density at radius 2 is 1.63 bits per heavy atom. The number of carbonyl (C=O) groups is 2. The molecule has 1 aromatic heterocycles. The number of hydrogen-bond donors (Lipinski definition) is 1. The van der Waals surface area contributed by atoms with E-state index in [4.69, 9.17) is 4.74 Å². The first-order valence-electron chi connectivity index (χ1n) is 10.8. The van der Waals surface area contributed by atoms with Gasteiger partial charge in [0.2, 0.25) is 9.84 Å². The molecule has 0 saturated carbocycles. The summed E-state index contributed by atoms with van der Waals surface area (Å²) in [6, 6.07) is 17.4. The van der Waals surface area contributed by atoms with Crippen molar-refractivity contribution in [2.75, 3.05) is 5.32 Å². The molecule has 7 nitrogen and oxygen atoms in total. The molecule has 10 heteroatoms. The van der Waals surface area contributed by atoms with Crippen molar-refractivity contribution < 1.29 is 31.5 Å². The van der Waals surface area contributed by atoms with Gasteiger partial charge in [-0.15, -0.1) is 0 Å². The van der Waals surface area contributed by atoms with Crippen LogP contribution >= 0.6 is 0 Å². The Balaban J connectivity index is 1.47. The summed E-state index contributed by atoms with van der Waals surface area (Å²) in [4.78, 5) is 24.4. The Bertz CT molecular complexity index is 1530. The van der Waals surface area contributed by atoms with Crippen LogP contribution in [0.25, 0.3) is 21.8 Å². The van der Waals surface area contributed by atoms with E-state index in [1.165, 1.54) is 6.92 Å². The van der Waals surface area contributed by atoms with Gasteiger partial charge in [0.05, 0.1) is 10.5 Å². The van der Waals surface area contributed by atoms with Crippen LogP contribution in [-0.2, 0) is 25.9 Å². The quantitative estimate of drug-likeness (QED) is 0.361. The number of rotatable bonds is 7. The van der Waals surface area contributed by atoms with Crippen LogP contribution in [0.5, 0.6) is 0 Å². The van der Waals surface area contributed by atoms with E-state index < -0.39 is 38.5 Å². The highest BCUT2D eigenvalue weighted by atomic mass is 32.2. The lowest BCUT2D eigenvalue weighted by Gasteiger charge is -2.14. The minimum atomic E-state index is -4.77. The molecule has 0 bridgehead atoms. The number of nitrogens with one attached hydrogen (secondary N) is 1. The van der Waals surface area contributed by atoms with E-state index in [1.54, 1.807) is 6.07 Å². The fourth-order valence-corrected chi connectivity index (χ4v) is 4.60. The standard InChI is InChI=1S/C25H22F2N2O5S/c1-3-29-21-7-5-4-6-19(21)20-14-17(10-13-22(20)29)28-23(30)15(2)34-24(31)16-8-11-18(12-9-16)35(32,33)25(26)27/h4-15,25H,3H2,1-2H3,(H,28,30). The number of aryl methyl sites for hydroxylation is 1. The highest BCUT2D eigenvalue weighted by molar-refractivity contribution is 7.91. The normalized spacial score (nSPS) is 12.7. The number of esters is 1. The number of hydrogen-bond acceptors (Lipinski definition) is 5. The molecule has 0 saturated heterocycles. The van der Waals surface area contributed by atoms with Gasteiger partial charge < -0.3 is 14.6 Å². The monoisotopic (exact) mass is 500 g/mol. The largest absolute Gasteiger partial charge is 0.449 e. The van der Waals surface area contributed by atoms with Crippen molar-refractivity contribution in [2.24, 2.45) is 0 Å². The molecule has 0 aliphatic heterocycles. The molecule has 3 aromatic carbocycles. The topological polar surface area (TPSA) is 94.5 Å². The van der Waals surface area contributed by atoms with Gasteiger partial charge in [0.25, 0.3) is 5.91 Å². The highest BCUT2D eigenvalue weighted by Gasteiger charge is 2.27. The van der Waals surface area contributed by atoms with Gasteiger partial charge in [0, 0.05) is 34.0 Å². The van der Waals surface area contributed by atoms with Gasteiger partial charge in [-0.2, -0.15) is 8.78 Å². The van der Waals surface area contributed by atoms with Gasteiger partial charge in [-0.3, -0.25) is 4.79 Å². The number of halogens is 2. The number of nitrogens with zero attached hydrogens (tertiary/aromatic N) is 1. The van der Waals surface area contributed by atoms with Crippen molar-refractivity contribution in [3.63, 3.8) is 0 Å². The van der Waals surface area contributed by atoms with E-state index in [0.717, 1.165) is 52.6 Å². The van der Waals surface area contributed by atoms with Crippen LogP contribution in [0.4, 0.5) is 14.5 Å². The molecule has 1 heterocycles. The van der Waals surface area contributed by atoms with E-state index in [1.807, 2.05) is 36.4 Å². The Morgan fingerprint density at radius 3 is 2.29 bits per heavy atom. The van der Waals surface area contributed by atoms with Crippen LogP contribution < -0.4 is 5.32 Å². The zero-order chi connectivity index (χ0) is 25.3. The zero-order valence-electron chi connectivity index (χ0n) is 18.9. The van der Waals surface area contributed by atoms with Crippen molar-refractivity contribution in [1.82, 2.24) is 4.57 Å². The summed E-state index contributed by atoms with van der Waals surface area (Å²) in [6.07, 6.45) is -1.17. The lowest BCUT2D eigenvalue weighted by atomic mass is 10.1. The van der Waals surface area contributed by atoms with E-state index >= 15 is 0 Å². The molecule has 0 aliphatic carbocycles. The number of carbonyl (C=O) groups excluding carboxylic acids is 2. The predicted octanol–water partition coefficient (Wildman–Crippen LogP) is 4.99. The maximum absolute atomic E-state index is 12.7. The van der Waals surface area contributed by atoms with Crippen molar-refractivity contribution in [1.29, 1.82) is 0 Å². The summed E-state index contributed by atoms with van der Waals surface area (Å²) >= 11 is 0. The fourth-order valence-electron chi connectivity index (χ4n) is 3.88. The third-order valence-electron chi connectivity index (χ3n) is 5.66.